The summed E-state index contributed by atoms with van der Waals surface area (Å²) >= 11 is 0. The Hall–Kier alpha value is -2.04. The second-order valence-corrected chi connectivity index (χ2v) is 6.97. The van der Waals surface area contributed by atoms with Crippen molar-refractivity contribution in [2.24, 2.45) is 5.92 Å². The molecule has 1 aromatic rings. The molecule has 0 radical (unpaired) electrons. The van der Waals surface area contributed by atoms with Crippen LogP contribution in [0.25, 0.3) is 0 Å². The van der Waals surface area contributed by atoms with E-state index in [0.717, 1.165) is 36.7 Å². The lowest BCUT2D eigenvalue weighted by Gasteiger charge is -2.22. The number of amides is 2. The Bertz CT molecular complexity index is 579. The van der Waals surface area contributed by atoms with Gasteiger partial charge in [-0.3, -0.25) is 9.59 Å². The molecule has 1 aliphatic carbocycles. The molecule has 1 saturated carbocycles. The van der Waals surface area contributed by atoms with Gasteiger partial charge < -0.3 is 15.5 Å². The summed E-state index contributed by atoms with van der Waals surface area (Å²) in [6, 6.07) is 7.51. The van der Waals surface area contributed by atoms with Crippen LogP contribution in [0.5, 0.6) is 0 Å². The van der Waals surface area contributed by atoms with Crippen molar-refractivity contribution < 1.29 is 9.59 Å². The first-order valence-electron chi connectivity index (χ1n) is 9.05. The van der Waals surface area contributed by atoms with Crippen LogP contribution >= 0.6 is 0 Å². The maximum atomic E-state index is 12.4. The van der Waals surface area contributed by atoms with Crippen molar-refractivity contribution in [1.29, 1.82) is 0 Å². The van der Waals surface area contributed by atoms with E-state index >= 15 is 0 Å². The van der Waals surface area contributed by atoms with Gasteiger partial charge in [0, 0.05) is 31.4 Å². The van der Waals surface area contributed by atoms with Crippen molar-refractivity contribution in [3.8, 4) is 0 Å². The largest absolute Gasteiger partial charge is 0.385 e. The van der Waals surface area contributed by atoms with Gasteiger partial charge in [0.25, 0.3) is 0 Å². The molecule has 2 N–H and O–H groups in total. The molecule has 5 nitrogen and oxygen atoms in total. The molecule has 0 spiro atoms. The Kier molecular flexibility index (Phi) is 5.38. The van der Waals surface area contributed by atoms with Gasteiger partial charge in [0.05, 0.1) is 0 Å². The van der Waals surface area contributed by atoms with Crippen LogP contribution in [0.2, 0.25) is 0 Å². The zero-order valence-electron chi connectivity index (χ0n) is 14.4. The average molecular weight is 329 g/mol. The van der Waals surface area contributed by atoms with E-state index in [-0.39, 0.29) is 17.9 Å². The molecule has 1 atom stereocenters. The van der Waals surface area contributed by atoms with Gasteiger partial charge >= 0.3 is 0 Å². The van der Waals surface area contributed by atoms with E-state index in [9.17, 15) is 9.59 Å². The summed E-state index contributed by atoms with van der Waals surface area (Å²) in [4.78, 5) is 25.6. The number of nitrogens with one attached hydrogen (secondary N) is 2. The van der Waals surface area contributed by atoms with E-state index in [2.05, 4.69) is 10.6 Å². The second kappa shape index (κ2) is 7.69. The van der Waals surface area contributed by atoms with E-state index in [4.69, 9.17) is 0 Å². The predicted octanol–water partition coefficient (Wildman–Crippen LogP) is 3.24. The minimum atomic E-state index is -0.331. The van der Waals surface area contributed by atoms with E-state index in [1.165, 1.54) is 32.6 Å². The van der Waals surface area contributed by atoms with Crippen LogP contribution in [0.15, 0.2) is 24.3 Å². The first kappa shape index (κ1) is 16.8. The fourth-order valence-electron chi connectivity index (χ4n) is 3.79. The average Bonchev–Trinajstić information content (AvgIpc) is 3.25. The van der Waals surface area contributed by atoms with E-state index in [0.29, 0.717) is 6.54 Å². The number of anilines is 2. The first-order chi connectivity index (χ1) is 11.6. The predicted molar refractivity (Wildman–Crippen MR) is 95.9 cm³/mol. The quantitative estimate of drug-likeness (QED) is 0.872. The SMILES string of the molecule is CC(=O)N1CCC[C@@H]1C(=O)Nc1ccc(NCC2CCCC2)cc1. The lowest BCUT2D eigenvalue weighted by Crippen LogP contribution is -2.42. The van der Waals surface area contributed by atoms with Crippen LogP contribution in [0.3, 0.4) is 0 Å². The minimum Gasteiger partial charge on any atom is -0.385 e. The Morgan fingerprint density at radius 1 is 1.04 bits per heavy atom. The number of nitrogens with zero attached hydrogens (tertiary/aromatic N) is 1. The summed E-state index contributed by atoms with van der Waals surface area (Å²) in [5.74, 6) is 0.679. The van der Waals surface area contributed by atoms with Crippen LogP contribution in [0.4, 0.5) is 11.4 Å². The third kappa shape index (κ3) is 4.08. The summed E-state index contributed by atoms with van der Waals surface area (Å²) in [5.41, 5.74) is 1.87. The molecule has 1 aliphatic heterocycles. The van der Waals surface area contributed by atoms with E-state index in [1.54, 1.807) is 4.90 Å². The van der Waals surface area contributed by atoms with Gasteiger partial charge in [-0.05, 0) is 55.9 Å². The van der Waals surface area contributed by atoms with Gasteiger partial charge in [-0.2, -0.15) is 0 Å². The molecule has 0 unspecified atom stereocenters. The molecule has 130 valence electrons. The Morgan fingerprint density at radius 3 is 2.38 bits per heavy atom. The highest BCUT2D eigenvalue weighted by Gasteiger charge is 2.32. The van der Waals surface area contributed by atoms with Crippen molar-refractivity contribution >= 4 is 23.2 Å². The smallest absolute Gasteiger partial charge is 0.247 e. The molecule has 24 heavy (non-hydrogen) atoms. The normalized spacial score (nSPS) is 21.0. The Morgan fingerprint density at radius 2 is 1.71 bits per heavy atom. The maximum Gasteiger partial charge on any atom is 0.247 e. The highest BCUT2D eigenvalue weighted by atomic mass is 16.2. The minimum absolute atomic E-state index is 0.0286. The number of likely N-dealkylation sites (tertiary alicyclic amines) is 1. The maximum absolute atomic E-state index is 12.4. The summed E-state index contributed by atoms with van der Waals surface area (Å²) in [7, 11) is 0. The van der Waals surface area contributed by atoms with E-state index < -0.39 is 0 Å². The molecule has 5 heteroatoms. The number of carbonyl (C=O) groups is 2. The van der Waals surface area contributed by atoms with Crippen LogP contribution in [0, 0.1) is 5.92 Å². The number of benzene rings is 1. The third-order valence-corrected chi connectivity index (χ3v) is 5.18. The van der Waals surface area contributed by atoms with Gasteiger partial charge in [0.15, 0.2) is 0 Å². The van der Waals surface area contributed by atoms with Gasteiger partial charge in [0.2, 0.25) is 11.8 Å². The standard InChI is InChI=1S/C19H27N3O2/c1-14(23)22-12-4-7-18(22)19(24)21-17-10-8-16(9-11-17)20-13-15-5-2-3-6-15/h8-11,15,18,20H,2-7,12-13H2,1H3,(H,21,24)/t18-/m1/s1. The van der Waals surface area contributed by atoms with Crippen molar-refractivity contribution in [1.82, 2.24) is 4.90 Å². The number of hydrogen-bond donors (Lipinski definition) is 2. The van der Waals surface area contributed by atoms with Crippen LogP contribution in [0.1, 0.15) is 45.4 Å². The highest BCUT2D eigenvalue weighted by Crippen LogP contribution is 2.25. The second-order valence-electron chi connectivity index (χ2n) is 6.97. The molecule has 1 saturated heterocycles. The molecule has 1 heterocycles. The van der Waals surface area contributed by atoms with E-state index in [1.807, 2.05) is 24.3 Å². The molecule has 2 amide bonds. The fraction of sp³-hybridized carbons (Fsp3) is 0.579. The molecule has 3 rings (SSSR count). The van der Waals surface area contributed by atoms with Gasteiger partial charge in [-0.25, -0.2) is 0 Å². The number of carbonyl (C=O) groups excluding carboxylic acids is 2. The Balaban J connectivity index is 1.51. The van der Waals surface area contributed by atoms with Crippen LogP contribution < -0.4 is 10.6 Å². The van der Waals surface area contributed by atoms with Crippen LogP contribution in [-0.2, 0) is 9.59 Å². The highest BCUT2D eigenvalue weighted by molar-refractivity contribution is 5.97. The van der Waals surface area contributed by atoms with Crippen molar-refractivity contribution in [3.63, 3.8) is 0 Å². The Labute approximate surface area is 143 Å². The van der Waals surface area contributed by atoms with Crippen molar-refractivity contribution in [2.45, 2.75) is 51.5 Å². The van der Waals surface area contributed by atoms with Crippen LogP contribution in [-0.4, -0.2) is 35.8 Å². The molecule has 2 fully saturated rings. The third-order valence-electron chi connectivity index (χ3n) is 5.18. The van der Waals surface area contributed by atoms with Gasteiger partial charge in [-0.1, -0.05) is 12.8 Å². The molecule has 0 bridgehead atoms. The molecule has 0 aromatic heterocycles. The van der Waals surface area contributed by atoms with Gasteiger partial charge in [-0.15, -0.1) is 0 Å². The summed E-state index contributed by atoms with van der Waals surface area (Å²) < 4.78 is 0. The van der Waals surface area contributed by atoms with Crippen molar-refractivity contribution in [2.75, 3.05) is 23.7 Å². The first-order valence-corrected chi connectivity index (χ1v) is 9.05. The zero-order valence-corrected chi connectivity index (χ0v) is 14.4. The fourth-order valence-corrected chi connectivity index (χ4v) is 3.79. The molecular formula is C19H27N3O2. The van der Waals surface area contributed by atoms with Crippen molar-refractivity contribution in [3.05, 3.63) is 24.3 Å². The topological polar surface area (TPSA) is 61.4 Å². The number of rotatable bonds is 5. The number of hydrogen-bond acceptors (Lipinski definition) is 3. The summed E-state index contributed by atoms with van der Waals surface area (Å²) in [5, 5.41) is 6.41. The van der Waals surface area contributed by atoms with Gasteiger partial charge in [0.1, 0.15) is 6.04 Å². The summed E-state index contributed by atoms with van der Waals surface area (Å²) in [6.45, 7) is 3.23. The monoisotopic (exact) mass is 329 g/mol. The lowest BCUT2D eigenvalue weighted by atomic mass is 10.1. The molecular weight excluding hydrogens is 302 g/mol. The lowest BCUT2D eigenvalue weighted by molar-refractivity contribution is -0.134. The zero-order chi connectivity index (χ0) is 16.9. The summed E-state index contributed by atoms with van der Waals surface area (Å²) in [6.07, 6.45) is 7.00. The molecule has 2 aliphatic rings. The molecule has 1 aromatic carbocycles.